The fourth-order valence-electron chi connectivity index (χ4n) is 1.54. The average Bonchev–Trinajstić information content (AvgIpc) is 2.42. The molecule has 0 saturated heterocycles. The predicted octanol–water partition coefficient (Wildman–Crippen LogP) is 1.61. The lowest BCUT2D eigenvalue weighted by Gasteiger charge is -2.12. The molecule has 19 heavy (non-hydrogen) atoms. The van der Waals surface area contributed by atoms with E-state index in [1.807, 2.05) is 12.1 Å². The van der Waals surface area contributed by atoms with E-state index in [0.29, 0.717) is 12.2 Å². The molecule has 0 saturated carbocycles. The number of benzene rings is 1. The van der Waals surface area contributed by atoms with Gasteiger partial charge in [-0.1, -0.05) is 26.0 Å². The van der Waals surface area contributed by atoms with E-state index >= 15 is 0 Å². The quantitative estimate of drug-likeness (QED) is 0.785. The smallest absolute Gasteiger partial charge is 0.326 e. The molecule has 0 spiro atoms. The summed E-state index contributed by atoms with van der Waals surface area (Å²) in [6, 6.07) is 6.58. The van der Waals surface area contributed by atoms with Gasteiger partial charge >= 0.3 is 5.97 Å². The number of carboxylic acid groups (broad SMARTS) is 1. The number of rotatable bonds is 7. The summed E-state index contributed by atoms with van der Waals surface area (Å²) in [6.45, 7) is 3.57. The second-order valence-corrected chi connectivity index (χ2v) is 4.15. The third-order valence-corrected chi connectivity index (χ3v) is 2.74. The zero-order chi connectivity index (χ0) is 14.3. The number of carboxylic acids is 1. The Balaban J connectivity index is 2.42. The Morgan fingerprint density at radius 2 is 1.89 bits per heavy atom. The van der Waals surface area contributed by atoms with Crippen LogP contribution in [0.15, 0.2) is 24.3 Å². The Morgan fingerprint density at radius 3 is 2.37 bits per heavy atom. The van der Waals surface area contributed by atoms with Gasteiger partial charge in [-0.3, -0.25) is 4.79 Å². The van der Waals surface area contributed by atoms with Gasteiger partial charge in [0.1, 0.15) is 11.8 Å². The zero-order valence-electron chi connectivity index (χ0n) is 11.2. The topological polar surface area (TPSA) is 75.6 Å². The number of nitrogens with one attached hydrogen (secondary N) is 1. The first kappa shape index (κ1) is 15.0. The maximum atomic E-state index is 11.5. The summed E-state index contributed by atoms with van der Waals surface area (Å²) in [5.74, 6) is -0.882. The van der Waals surface area contributed by atoms with Gasteiger partial charge in [0, 0.05) is 0 Å². The molecular weight excluding hydrogens is 246 g/mol. The Morgan fingerprint density at radius 1 is 1.26 bits per heavy atom. The van der Waals surface area contributed by atoms with E-state index in [-0.39, 0.29) is 6.61 Å². The van der Waals surface area contributed by atoms with E-state index < -0.39 is 17.9 Å². The van der Waals surface area contributed by atoms with Crippen molar-refractivity contribution in [3.63, 3.8) is 0 Å². The lowest BCUT2D eigenvalue weighted by atomic mass is 10.2. The lowest BCUT2D eigenvalue weighted by molar-refractivity contribution is -0.142. The van der Waals surface area contributed by atoms with Crippen molar-refractivity contribution >= 4 is 11.9 Å². The Hall–Kier alpha value is -2.04. The van der Waals surface area contributed by atoms with Gasteiger partial charge in [0.05, 0.1) is 0 Å². The highest BCUT2D eigenvalue weighted by molar-refractivity contribution is 5.84. The number of ether oxygens (including phenoxy) is 1. The number of hydrogen-bond donors (Lipinski definition) is 2. The second-order valence-electron chi connectivity index (χ2n) is 4.15. The van der Waals surface area contributed by atoms with E-state index in [1.54, 1.807) is 19.1 Å². The van der Waals surface area contributed by atoms with Crippen molar-refractivity contribution in [1.82, 2.24) is 5.32 Å². The van der Waals surface area contributed by atoms with Crippen LogP contribution in [-0.2, 0) is 16.0 Å². The Kier molecular flexibility index (Phi) is 5.85. The van der Waals surface area contributed by atoms with Crippen molar-refractivity contribution in [2.45, 2.75) is 32.7 Å². The van der Waals surface area contributed by atoms with Crippen LogP contribution in [0, 0.1) is 0 Å². The van der Waals surface area contributed by atoms with Crippen molar-refractivity contribution in [3.8, 4) is 5.75 Å². The number of amides is 1. The fraction of sp³-hybridized carbons (Fsp3) is 0.429. The minimum absolute atomic E-state index is 0.185. The zero-order valence-corrected chi connectivity index (χ0v) is 11.2. The number of hydrogen-bond acceptors (Lipinski definition) is 3. The Labute approximate surface area is 112 Å². The summed E-state index contributed by atoms with van der Waals surface area (Å²) in [6.07, 6.45) is 1.28. The maximum Gasteiger partial charge on any atom is 0.326 e. The molecule has 0 aliphatic rings. The summed E-state index contributed by atoms with van der Waals surface area (Å²) < 4.78 is 5.29. The minimum Gasteiger partial charge on any atom is -0.484 e. The number of aryl methyl sites for hydroxylation is 1. The fourth-order valence-corrected chi connectivity index (χ4v) is 1.54. The van der Waals surface area contributed by atoms with Crippen molar-refractivity contribution in [3.05, 3.63) is 29.8 Å². The van der Waals surface area contributed by atoms with Crippen LogP contribution in [0.25, 0.3) is 0 Å². The summed E-state index contributed by atoms with van der Waals surface area (Å²) in [5.41, 5.74) is 1.19. The second kappa shape index (κ2) is 7.41. The van der Waals surface area contributed by atoms with Crippen LogP contribution in [0.5, 0.6) is 5.75 Å². The van der Waals surface area contributed by atoms with Gasteiger partial charge in [0.25, 0.3) is 5.91 Å². The van der Waals surface area contributed by atoms with Gasteiger partial charge in [-0.2, -0.15) is 0 Å². The molecular formula is C14H19NO4. The monoisotopic (exact) mass is 265 g/mol. The molecule has 2 N–H and O–H groups in total. The molecule has 0 aliphatic carbocycles. The van der Waals surface area contributed by atoms with Crippen LogP contribution in [0.3, 0.4) is 0 Å². The van der Waals surface area contributed by atoms with Crippen LogP contribution in [0.1, 0.15) is 25.8 Å². The summed E-state index contributed by atoms with van der Waals surface area (Å²) in [4.78, 5) is 22.3. The molecule has 0 heterocycles. The molecule has 0 radical (unpaired) electrons. The molecule has 1 rings (SSSR count). The summed E-state index contributed by atoms with van der Waals surface area (Å²) in [5, 5.41) is 11.2. The van der Waals surface area contributed by atoms with Crippen molar-refractivity contribution in [1.29, 1.82) is 0 Å². The van der Waals surface area contributed by atoms with Gasteiger partial charge in [0.2, 0.25) is 0 Å². The molecule has 0 fully saturated rings. The standard InChI is InChI=1S/C14H19NO4/c1-3-10-5-7-11(8-6-10)19-9-13(16)15-12(4-2)14(17)18/h5-8,12H,3-4,9H2,1-2H3,(H,15,16)(H,17,18)/t12-/m1/s1. The molecule has 0 aliphatic heterocycles. The van der Waals surface area contributed by atoms with E-state index in [1.165, 1.54) is 5.56 Å². The molecule has 5 nitrogen and oxygen atoms in total. The molecule has 0 aromatic heterocycles. The Bertz CT molecular complexity index is 428. The predicted molar refractivity (Wildman–Crippen MR) is 71.2 cm³/mol. The highest BCUT2D eigenvalue weighted by atomic mass is 16.5. The first-order valence-corrected chi connectivity index (χ1v) is 6.30. The van der Waals surface area contributed by atoms with Crippen LogP contribution in [0.2, 0.25) is 0 Å². The number of carbonyl (C=O) groups excluding carboxylic acids is 1. The van der Waals surface area contributed by atoms with Gasteiger partial charge in [-0.15, -0.1) is 0 Å². The van der Waals surface area contributed by atoms with E-state index in [0.717, 1.165) is 6.42 Å². The van der Waals surface area contributed by atoms with Gasteiger partial charge in [-0.05, 0) is 30.5 Å². The normalized spacial score (nSPS) is 11.7. The molecule has 1 atom stereocenters. The van der Waals surface area contributed by atoms with Gasteiger partial charge < -0.3 is 15.2 Å². The third-order valence-electron chi connectivity index (χ3n) is 2.74. The number of carbonyl (C=O) groups is 2. The number of aliphatic carboxylic acids is 1. The first-order valence-electron chi connectivity index (χ1n) is 6.30. The molecule has 1 aromatic carbocycles. The molecule has 0 bridgehead atoms. The SMILES string of the molecule is CCc1ccc(OCC(=O)N[C@H](CC)C(=O)O)cc1. The van der Waals surface area contributed by atoms with Crippen molar-refractivity contribution in [2.24, 2.45) is 0 Å². The van der Waals surface area contributed by atoms with Crippen LogP contribution in [0.4, 0.5) is 0 Å². The van der Waals surface area contributed by atoms with Crippen LogP contribution < -0.4 is 10.1 Å². The maximum absolute atomic E-state index is 11.5. The van der Waals surface area contributed by atoms with E-state index in [9.17, 15) is 9.59 Å². The van der Waals surface area contributed by atoms with Crippen LogP contribution >= 0.6 is 0 Å². The minimum atomic E-state index is -1.04. The summed E-state index contributed by atoms with van der Waals surface area (Å²) >= 11 is 0. The first-order chi connectivity index (χ1) is 9.06. The highest BCUT2D eigenvalue weighted by Crippen LogP contribution is 2.12. The third kappa shape index (κ3) is 4.99. The van der Waals surface area contributed by atoms with Crippen LogP contribution in [-0.4, -0.2) is 29.6 Å². The molecule has 104 valence electrons. The van der Waals surface area contributed by atoms with E-state index in [4.69, 9.17) is 9.84 Å². The molecule has 1 amide bonds. The summed E-state index contributed by atoms with van der Waals surface area (Å²) in [7, 11) is 0. The van der Waals surface area contributed by atoms with Gasteiger partial charge in [-0.25, -0.2) is 4.79 Å². The van der Waals surface area contributed by atoms with Gasteiger partial charge in [0.15, 0.2) is 6.61 Å². The van der Waals surface area contributed by atoms with E-state index in [2.05, 4.69) is 12.2 Å². The van der Waals surface area contributed by atoms with Crippen molar-refractivity contribution < 1.29 is 19.4 Å². The molecule has 1 aromatic rings. The van der Waals surface area contributed by atoms with Crippen molar-refractivity contribution in [2.75, 3.05) is 6.61 Å². The largest absolute Gasteiger partial charge is 0.484 e. The highest BCUT2D eigenvalue weighted by Gasteiger charge is 2.17. The lowest BCUT2D eigenvalue weighted by Crippen LogP contribution is -2.42. The average molecular weight is 265 g/mol. The molecule has 0 unspecified atom stereocenters. The molecule has 5 heteroatoms.